The van der Waals surface area contributed by atoms with Crippen molar-refractivity contribution in [3.8, 4) is 0 Å². The van der Waals surface area contributed by atoms with Crippen molar-refractivity contribution >= 4 is 12.6 Å². The molecule has 0 saturated carbocycles. The summed E-state index contributed by atoms with van der Waals surface area (Å²) < 4.78 is 50.0. The summed E-state index contributed by atoms with van der Waals surface area (Å²) in [5.41, 5.74) is -0.778. The van der Waals surface area contributed by atoms with Gasteiger partial charge in [0.25, 0.3) is 0 Å². The number of halogens is 4. The number of rotatable bonds is 2. The summed E-state index contributed by atoms with van der Waals surface area (Å²) in [5, 5.41) is -0.178. The first-order valence-corrected chi connectivity index (χ1v) is 4.86. The van der Waals surface area contributed by atoms with Crippen molar-refractivity contribution in [2.75, 3.05) is 0 Å². The molecule has 1 aromatic carbocycles. The van der Waals surface area contributed by atoms with Crippen molar-refractivity contribution in [3.63, 3.8) is 0 Å². The van der Waals surface area contributed by atoms with Crippen LogP contribution in [0.5, 0.6) is 0 Å². The average Bonchev–Trinajstić information content (AvgIpc) is 2.06. The first kappa shape index (κ1) is 12.4. The molecule has 15 heavy (non-hydrogen) atoms. The lowest BCUT2D eigenvalue weighted by atomic mass is 10.1. The fourth-order valence-electron chi connectivity index (χ4n) is 1.23. The van der Waals surface area contributed by atoms with Crippen LogP contribution in [0.25, 0.3) is 0 Å². The molecule has 1 unspecified atom stereocenters. The summed E-state index contributed by atoms with van der Waals surface area (Å²) >= 11 is 4.02. The van der Waals surface area contributed by atoms with E-state index in [-0.39, 0.29) is 17.2 Å². The Morgan fingerprint density at radius 3 is 2.40 bits per heavy atom. The molecule has 0 amide bonds. The summed E-state index contributed by atoms with van der Waals surface area (Å²) in [5.74, 6) is -0.621. The minimum atomic E-state index is -4.43. The highest BCUT2D eigenvalue weighted by Crippen LogP contribution is 2.30. The van der Waals surface area contributed by atoms with Crippen LogP contribution >= 0.6 is 12.6 Å². The monoisotopic (exact) mass is 238 g/mol. The molecule has 0 aliphatic rings. The Morgan fingerprint density at radius 1 is 1.33 bits per heavy atom. The molecule has 0 bridgehead atoms. The topological polar surface area (TPSA) is 0 Å². The predicted molar refractivity (Wildman–Crippen MR) is 53.6 cm³/mol. The SMILES string of the molecule is CC(S)Cc1cc(C(F)(F)F)ccc1F. The first-order valence-electron chi connectivity index (χ1n) is 4.34. The van der Waals surface area contributed by atoms with E-state index in [2.05, 4.69) is 12.6 Å². The molecule has 0 N–H and O–H groups in total. The minimum absolute atomic E-state index is 0.0484. The second-order valence-corrected chi connectivity index (χ2v) is 4.24. The summed E-state index contributed by atoms with van der Waals surface area (Å²) in [6.45, 7) is 1.70. The largest absolute Gasteiger partial charge is 0.416 e. The Kier molecular flexibility index (Phi) is 3.65. The third-order valence-electron chi connectivity index (χ3n) is 1.89. The van der Waals surface area contributed by atoms with E-state index in [1.165, 1.54) is 0 Å². The molecule has 0 aliphatic carbocycles. The molecule has 0 nitrogen and oxygen atoms in total. The zero-order chi connectivity index (χ0) is 11.6. The molecule has 0 radical (unpaired) electrons. The highest BCUT2D eigenvalue weighted by Gasteiger charge is 2.31. The fraction of sp³-hybridized carbons (Fsp3) is 0.400. The summed E-state index contributed by atoms with van der Waals surface area (Å²) in [6, 6.07) is 2.42. The predicted octanol–water partition coefficient (Wildman–Crippen LogP) is 3.71. The third-order valence-corrected chi connectivity index (χ3v) is 2.07. The standard InChI is InChI=1S/C10H10F4S/c1-6(15)4-7-5-8(10(12,13)14)2-3-9(7)11/h2-3,5-6,15H,4H2,1H3. The molecule has 0 fully saturated rings. The average molecular weight is 238 g/mol. The first-order chi connectivity index (χ1) is 6.80. The minimum Gasteiger partial charge on any atom is -0.207 e. The van der Waals surface area contributed by atoms with Crippen LogP contribution < -0.4 is 0 Å². The van der Waals surface area contributed by atoms with E-state index in [0.29, 0.717) is 0 Å². The zero-order valence-electron chi connectivity index (χ0n) is 7.98. The second kappa shape index (κ2) is 4.43. The number of thiol groups is 1. The Bertz CT molecular complexity index is 344. The van der Waals surface area contributed by atoms with Crippen molar-refractivity contribution in [2.24, 2.45) is 0 Å². The number of hydrogen-bond donors (Lipinski definition) is 1. The van der Waals surface area contributed by atoms with Crippen LogP contribution in [0.3, 0.4) is 0 Å². The lowest BCUT2D eigenvalue weighted by Gasteiger charge is -2.10. The molecule has 0 heterocycles. The quantitative estimate of drug-likeness (QED) is 0.589. The van der Waals surface area contributed by atoms with Crippen LogP contribution in [0, 0.1) is 5.82 Å². The molecular formula is C10H10F4S. The van der Waals surface area contributed by atoms with Gasteiger partial charge in [-0.15, -0.1) is 0 Å². The van der Waals surface area contributed by atoms with Crippen molar-refractivity contribution < 1.29 is 17.6 Å². The molecule has 0 aliphatic heterocycles. The van der Waals surface area contributed by atoms with Gasteiger partial charge < -0.3 is 0 Å². The third kappa shape index (κ3) is 3.41. The van der Waals surface area contributed by atoms with Crippen LogP contribution in [0.2, 0.25) is 0 Å². The summed E-state index contributed by atoms with van der Waals surface area (Å²) in [6.07, 6.45) is -4.25. The molecule has 84 valence electrons. The summed E-state index contributed by atoms with van der Waals surface area (Å²) in [7, 11) is 0. The van der Waals surface area contributed by atoms with Gasteiger partial charge in [0, 0.05) is 5.25 Å². The molecular weight excluding hydrogens is 228 g/mol. The zero-order valence-corrected chi connectivity index (χ0v) is 8.87. The van der Waals surface area contributed by atoms with Gasteiger partial charge in [0.1, 0.15) is 5.82 Å². The maximum atomic E-state index is 13.1. The Labute approximate surface area is 90.7 Å². The van der Waals surface area contributed by atoms with Crippen LogP contribution in [0.15, 0.2) is 18.2 Å². The molecule has 1 atom stereocenters. The fourth-order valence-corrected chi connectivity index (χ4v) is 1.42. The van der Waals surface area contributed by atoms with E-state index in [1.807, 2.05) is 0 Å². The van der Waals surface area contributed by atoms with Gasteiger partial charge in [0.15, 0.2) is 0 Å². The van der Waals surface area contributed by atoms with Gasteiger partial charge in [-0.2, -0.15) is 25.8 Å². The van der Waals surface area contributed by atoms with Crippen molar-refractivity contribution in [1.82, 2.24) is 0 Å². The highest BCUT2D eigenvalue weighted by atomic mass is 32.1. The highest BCUT2D eigenvalue weighted by molar-refractivity contribution is 7.80. The van der Waals surface area contributed by atoms with Crippen LogP contribution in [0.1, 0.15) is 18.1 Å². The number of alkyl halides is 3. The molecule has 0 spiro atoms. The molecule has 1 rings (SSSR count). The maximum absolute atomic E-state index is 13.1. The number of hydrogen-bond acceptors (Lipinski definition) is 1. The van der Waals surface area contributed by atoms with E-state index in [1.54, 1.807) is 6.92 Å². The van der Waals surface area contributed by atoms with Crippen LogP contribution in [0.4, 0.5) is 17.6 Å². The number of benzene rings is 1. The van der Waals surface area contributed by atoms with Gasteiger partial charge in [-0.25, -0.2) is 4.39 Å². The lowest BCUT2D eigenvalue weighted by molar-refractivity contribution is -0.137. The van der Waals surface area contributed by atoms with Gasteiger partial charge >= 0.3 is 6.18 Å². The maximum Gasteiger partial charge on any atom is 0.416 e. The van der Waals surface area contributed by atoms with E-state index in [0.717, 1.165) is 18.2 Å². The van der Waals surface area contributed by atoms with Crippen LogP contribution in [-0.2, 0) is 12.6 Å². The Morgan fingerprint density at radius 2 is 1.93 bits per heavy atom. The van der Waals surface area contributed by atoms with Crippen molar-refractivity contribution in [3.05, 3.63) is 35.1 Å². The molecule has 1 aromatic rings. The van der Waals surface area contributed by atoms with Crippen molar-refractivity contribution in [2.45, 2.75) is 24.8 Å². The van der Waals surface area contributed by atoms with Gasteiger partial charge in [-0.1, -0.05) is 6.92 Å². The van der Waals surface area contributed by atoms with E-state index in [9.17, 15) is 17.6 Å². The Balaban J connectivity index is 3.06. The van der Waals surface area contributed by atoms with Crippen molar-refractivity contribution in [1.29, 1.82) is 0 Å². The molecule has 0 saturated heterocycles. The summed E-state index contributed by atoms with van der Waals surface area (Å²) in [4.78, 5) is 0. The van der Waals surface area contributed by atoms with Crippen LogP contribution in [-0.4, -0.2) is 5.25 Å². The van der Waals surface area contributed by atoms with Gasteiger partial charge in [-0.05, 0) is 30.2 Å². The molecule has 5 heteroatoms. The van der Waals surface area contributed by atoms with Gasteiger partial charge in [0.2, 0.25) is 0 Å². The van der Waals surface area contributed by atoms with E-state index in [4.69, 9.17) is 0 Å². The second-order valence-electron chi connectivity index (χ2n) is 3.36. The van der Waals surface area contributed by atoms with E-state index >= 15 is 0 Å². The van der Waals surface area contributed by atoms with E-state index < -0.39 is 17.6 Å². The Hall–Kier alpha value is -0.710. The van der Waals surface area contributed by atoms with Gasteiger partial charge in [-0.3, -0.25) is 0 Å². The smallest absolute Gasteiger partial charge is 0.207 e. The lowest BCUT2D eigenvalue weighted by Crippen LogP contribution is -2.08. The van der Waals surface area contributed by atoms with Gasteiger partial charge in [0.05, 0.1) is 5.56 Å². The molecule has 0 aromatic heterocycles. The normalized spacial score (nSPS) is 14.0.